The molecule has 1 fully saturated rings. The first-order valence-corrected chi connectivity index (χ1v) is 10.8. The van der Waals surface area contributed by atoms with Crippen molar-refractivity contribution >= 4 is 17.7 Å². The van der Waals surface area contributed by atoms with Crippen molar-refractivity contribution < 1.29 is 9.53 Å². The number of methoxy groups -OCH3 is 1. The Morgan fingerprint density at radius 2 is 1.78 bits per heavy atom. The van der Waals surface area contributed by atoms with E-state index in [0.29, 0.717) is 6.04 Å². The Morgan fingerprint density at radius 3 is 2.44 bits per heavy atom. The zero-order valence-electron chi connectivity index (χ0n) is 16.3. The summed E-state index contributed by atoms with van der Waals surface area (Å²) in [5.74, 6) is 1.64. The average Bonchev–Trinajstić information content (AvgIpc) is 2.96. The molecule has 1 aliphatic carbocycles. The Labute approximate surface area is 166 Å². The third kappa shape index (κ3) is 5.77. The molecule has 0 unspecified atom stereocenters. The molecule has 0 saturated heterocycles. The molecular formula is C23H29NO2S. The largest absolute Gasteiger partial charge is 0.496 e. The molecule has 2 aromatic carbocycles. The van der Waals surface area contributed by atoms with Crippen LogP contribution in [0.1, 0.15) is 60.0 Å². The molecule has 0 aliphatic heterocycles. The number of amides is 1. The van der Waals surface area contributed by atoms with Crippen molar-refractivity contribution in [3.63, 3.8) is 0 Å². The highest BCUT2D eigenvalue weighted by molar-refractivity contribution is 7.98. The van der Waals surface area contributed by atoms with E-state index in [4.69, 9.17) is 4.74 Å². The standard InChI is InChI=1S/C23H29NO2S/c1-17-9-12-21(13-10-17)27-16-19-15-18(11-14-22(19)26-2)23(25)24-20-7-5-3-4-6-8-20/h9-15,20H,3-8,16H2,1-2H3,(H,24,25). The van der Waals surface area contributed by atoms with Crippen LogP contribution in [-0.2, 0) is 5.75 Å². The molecule has 0 heterocycles. The summed E-state index contributed by atoms with van der Waals surface area (Å²) >= 11 is 1.76. The third-order valence-corrected chi connectivity index (χ3v) is 6.21. The molecule has 144 valence electrons. The number of ether oxygens (including phenoxy) is 1. The molecule has 0 spiro atoms. The van der Waals surface area contributed by atoms with Gasteiger partial charge in [0.1, 0.15) is 5.75 Å². The van der Waals surface area contributed by atoms with Gasteiger partial charge in [-0.3, -0.25) is 4.79 Å². The molecule has 1 amide bonds. The minimum Gasteiger partial charge on any atom is -0.496 e. The lowest BCUT2D eigenvalue weighted by molar-refractivity contribution is 0.0933. The van der Waals surface area contributed by atoms with Gasteiger partial charge in [-0.05, 0) is 50.1 Å². The normalized spacial score (nSPS) is 15.2. The second-order valence-electron chi connectivity index (χ2n) is 7.29. The highest BCUT2D eigenvalue weighted by atomic mass is 32.2. The lowest BCUT2D eigenvalue weighted by Crippen LogP contribution is -2.34. The van der Waals surface area contributed by atoms with E-state index >= 15 is 0 Å². The molecule has 3 rings (SSSR count). The molecule has 2 aromatic rings. The van der Waals surface area contributed by atoms with Crippen LogP contribution in [0.25, 0.3) is 0 Å². The smallest absolute Gasteiger partial charge is 0.251 e. The lowest BCUT2D eigenvalue weighted by Gasteiger charge is -2.17. The number of aryl methyl sites for hydroxylation is 1. The number of benzene rings is 2. The van der Waals surface area contributed by atoms with Gasteiger partial charge in [-0.2, -0.15) is 0 Å². The van der Waals surface area contributed by atoms with E-state index in [9.17, 15) is 4.79 Å². The number of hydrogen-bond donors (Lipinski definition) is 1. The Hall–Kier alpha value is -1.94. The Balaban J connectivity index is 1.68. The first kappa shape index (κ1) is 19.8. The summed E-state index contributed by atoms with van der Waals surface area (Å²) in [5, 5.41) is 3.23. The summed E-state index contributed by atoms with van der Waals surface area (Å²) in [5.41, 5.74) is 3.03. The quantitative estimate of drug-likeness (QED) is 0.510. The van der Waals surface area contributed by atoms with Crippen LogP contribution < -0.4 is 10.1 Å². The van der Waals surface area contributed by atoms with Crippen molar-refractivity contribution in [3.05, 3.63) is 59.2 Å². The van der Waals surface area contributed by atoms with Gasteiger partial charge in [0.05, 0.1) is 7.11 Å². The topological polar surface area (TPSA) is 38.3 Å². The molecule has 1 saturated carbocycles. The van der Waals surface area contributed by atoms with Gasteiger partial charge in [-0.1, -0.05) is 43.4 Å². The second-order valence-corrected chi connectivity index (χ2v) is 8.34. The SMILES string of the molecule is COc1ccc(C(=O)NC2CCCCCC2)cc1CSc1ccc(C)cc1. The maximum absolute atomic E-state index is 12.7. The van der Waals surface area contributed by atoms with Gasteiger partial charge in [0.15, 0.2) is 0 Å². The van der Waals surface area contributed by atoms with Crippen molar-refractivity contribution in [2.75, 3.05) is 7.11 Å². The van der Waals surface area contributed by atoms with Crippen LogP contribution in [0.2, 0.25) is 0 Å². The van der Waals surface area contributed by atoms with Crippen LogP contribution in [0, 0.1) is 6.92 Å². The summed E-state index contributed by atoms with van der Waals surface area (Å²) < 4.78 is 5.51. The van der Waals surface area contributed by atoms with Gasteiger partial charge in [0, 0.05) is 27.8 Å². The van der Waals surface area contributed by atoms with Gasteiger partial charge in [0.25, 0.3) is 5.91 Å². The summed E-state index contributed by atoms with van der Waals surface area (Å²) in [4.78, 5) is 13.9. The maximum Gasteiger partial charge on any atom is 0.251 e. The highest BCUT2D eigenvalue weighted by Gasteiger charge is 2.17. The number of nitrogens with one attached hydrogen (secondary N) is 1. The minimum absolute atomic E-state index is 0.0335. The van der Waals surface area contributed by atoms with Crippen molar-refractivity contribution in [3.8, 4) is 5.75 Å². The van der Waals surface area contributed by atoms with Crippen LogP contribution in [0.3, 0.4) is 0 Å². The van der Waals surface area contributed by atoms with Gasteiger partial charge in [0.2, 0.25) is 0 Å². The summed E-state index contributed by atoms with van der Waals surface area (Å²) in [6, 6.07) is 14.6. The predicted molar refractivity (Wildman–Crippen MR) is 113 cm³/mol. The van der Waals surface area contributed by atoms with Crippen LogP contribution >= 0.6 is 11.8 Å². The van der Waals surface area contributed by atoms with Crippen LogP contribution in [0.4, 0.5) is 0 Å². The summed E-state index contributed by atoms with van der Waals surface area (Å²) in [6.45, 7) is 2.09. The van der Waals surface area contributed by atoms with Crippen molar-refractivity contribution in [2.24, 2.45) is 0 Å². The van der Waals surface area contributed by atoms with E-state index in [1.54, 1.807) is 18.9 Å². The van der Waals surface area contributed by atoms with Crippen LogP contribution in [0.5, 0.6) is 5.75 Å². The maximum atomic E-state index is 12.7. The van der Waals surface area contributed by atoms with E-state index in [1.807, 2.05) is 18.2 Å². The molecule has 1 aliphatic rings. The molecule has 1 N–H and O–H groups in total. The van der Waals surface area contributed by atoms with Crippen molar-refractivity contribution in [1.82, 2.24) is 5.32 Å². The fourth-order valence-electron chi connectivity index (χ4n) is 3.52. The molecule has 3 nitrogen and oxygen atoms in total. The monoisotopic (exact) mass is 383 g/mol. The number of carbonyl (C=O) groups excluding carboxylic acids is 1. The summed E-state index contributed by atoms with van der Waals surface area (Å²) in [7, 11) is 1.68. The third-order valence-electron chi connectivity index (χ3n) is 5.15. The van der Waals surface area contributed by atoms with Crippen LogP contribution in [-0.4, -0.2) is 19.1 Å². The zero-order valence-corrected chi connectivity index (χ0v) is 17.1. The van der Waals surface area contributed by atoms with Crippen molar-refractivity contribution in [2.45, 2.75) is 62.1 Å². The summed E-state index contributed by atoms with van der Waals surface area (Å²) in [6.07, 6.45) is 7.19. The van der Waals surface area contributed by atoms with Crippen molar-refractivity contribution in [1.29, 1.82) is 0 Å². The zero-order chi connectivity index (χ0) is 19.1. The molecule has 4 heteroatoms. The molecule has 0 atom stereocenters. The van der Waals surface area contributed by atoms with Gasteiger partial charge < -0.3 is 10.1 Å². The highest BCUT2D eigenvalue weighted by Crippen LogP contribution is 2.29. The minimum atomic E-state index is 0.0335. The lowest BCUT2D eigenvalue weighted by atomic mass is 10.1. The van der Waals surface area contributed by atoms with Gasteiger partial charge >= 0.3 is 0 Å². The van der Waals surface area contributed by atoms with Gasteiger partial charge in [-0.15, -0.1) is 11.8 Å². The molecule has 0 bridgehead atoms. The second kappa shape index (κ2) is 9.84. The van der Waals surface area contributed by atoms with E-state index < -0.39 is 0 Å². The Kier molecular flexibility index (Phi) is 7.22. The number of hydrogen-bond acceptors (Lipinski definition) is 3. The van der Waals surface area contributed by atoms with Crippen LogP contribution in [0.15, 0.2) is 47.4 Å². The van der Waals surface area contributed by atoms with Gasteiger partial charge in [-0.25, -0.2) is 0 Å². The number of carbonyl (C=O) groups is 1. The average molecular weight is 384 g/mol. The van der Waals surface area contributed by atoms with E-state index in [-0.39, 0.29) is 5.91 Å². The molecule has 0 radical (unpaired) electrons. The molecular weight excluding hydrogens is 354 g/mol. The van der Waals surface area contributed by atoms with E-state index in [2.05, 4.69) is 36.5 Å². The number of thioether (sulfide) groups is 1. The number of rotatable bonds is 6. The van der Waals surface area contributed by atoms with E-state index in [0.717, 1.165) is 35.5 Å². The Bertz CT molecular complexity index is 749. The first-order chi connectivity index (χ1) is 13.2. The fraction of sp³-hybridized carbons (Fsp3) is 0.435. The first-order valence-electron chi connectivity index (χ1n) is 9.83. The predicted octanol–water partition coefficient (Wildman–Crippen LogP) is 5.75. The molecule has 0 aromatic heterocycles. The fourth-order valence-corrected chi connectivity index (χ4v) is 4.40. The molecule has 27 heavy (non-hydrogen) atoms. The Morgan fingerprint density at radius 1 is 1.07 bits per heavy atom. The van der Waals surface area contributed by atoms with E-state index in [1.165, 1.54) is 36.1 Å².